The second-order valence-corrected chi connectivity index (χ2v) is 7.81. The fraction of sp³-hybridized carbons (Fsp3) is 0.250. The van der Waals surface area contributed by atoms with Gasteiger partial charge >= 0.3 is 0 Å². The van der Waals surface area contributed by atoms with Crippen molar-refractivity contribution in [3.05, 3.63) is 59.2 Å². The van der Waals surface area contributed by atoms with Crippen molar-refractivity contribution < 1.29 is 22.7 Å². The molecule has 2 N–H and O–H groups in total. The molecule has 1 amide bonds. The Labute approximate surface area is 165 Å². The third-order valence-corrected chi connectivity index (χ3v) is 4.41. The van der Waals surface area contributed by atoms with Crippen LogP contribution in [0.25, 0.3) is 6.08 Å². The molecule has 7 nitrogen and oxygen atoms in total. The van der Waals surface area contributed by atoms with E-state index in [4.69, 9.17) is 9.47 Å². The number of benzene rings is 2. The molecule has 0 heterocycles. The largest absolute Gasteiger partial charge is 0.493 e. The molecule has 0 unspecified atom stereocenters. The van der Waals surface area contributed by atoms with E-state index in [0.29, 0.717) is 22.7 Å². The summed E-state index contributed by atoms with van der Waals surface area (Å²) in [6.45, 7) is 2.11. The number of allylic oxidation sites excluding steroid dienone is 1. The van der Waals surface area contributed by atoms with Gasteiger partial charge in [0.2, 0.25) is 10.0 Å². The molecule has 2 aromatic rings. The molecule has 0 spiro atoms. The van der Waals surface area contributed by atoms with Crippen LogP contribution in [-0.4, -0.2) is 34.8 Å². The Hall–Kier alpha value is -3.00. The van der Waals surface area contributed by atoms with Gasteiger partial charge in [0.15, 0.2) is 11.5 Å². The van der Waals surface area contributed by atoms with Crippen LogP contribution in [0.4, 0.5) is 5.69 Å². The third-order valence-electron chi connectivity index (χ3n) is 3.80. The summed E-state index contributed by atoms with van der Waals surface area (Å²) in [5.74, 6) is 0.729. The first-order valence-corrected chi connectivity index (χ1v) is 10.4. The van der Waals surface area contributed by atoms with Crippen molar-refractivity contribution in [2.75, 3.05) is 25.2 Å². The zero-order chi connectivity index (χ0) is 20.7. The van der Waals surface area contributed by atoms with E-state index < -0.39 is 10.0 Å². The molecule has 0 radical (unpaired) electrons. The van der Waals surface area contributed by atoms with Gasteiger partial charge in [-0.2, -0.15) is 0 Å². The summed E-state index contributed by atoms with van der Waals surface area (Å²) in [4.78, 5) is 12.6. The first-order chi connectivity index (χ1) is 13.3. The predicted molar refractivity (Wildman–Crippen MR) is 110 cm³/mol. The number of methoxy groups -OCH3 is 2. The van der Waals surface area contributed by atoms with Crippen molar-refractivity contribution in [3.63, 3.8) is 0 Å². The number of hydrogen-bond donors (Lipinski definition) is 2. The van der Waals surface area contributed by atoms with E-state index in [1.165, 1.54) is 7.11 Å². The average Bonchev–Trinajstić information content (AvgIpc) is 2.64. The lowest BCUT2D eigenvalue weighted by molar-refractivity contribution is 0.0950. The van der Waals surface area contributed by atoms with E-state index in [-0.39, 0.29) is 12.5 Å². The number of carbonyl (C=O) groups excluding carboxylic acids is 1. The van der Waals surface area contributed by atoms with E-state index in [0.717, 1.165) is 17.4 Å². The highest BCUT2D eigenvalue weighted by Crippen LogP contribution is 2.33. The number of rotatable bonds is 8. The van der Waals surface area contributed by atoms with Crippen LogP contribution in [0.5, 0.6) is 11.5 Å². The molecule has 2 rings (SSSR count). The first-order valence-electron chi connectivity index (χ1n) is 8.51. The molecule has 2 aromatic carbocycles. The van der Waals surface area contributed by atoms with Gasteiger partial charge in [-0.15, -0.1) is 0 Å². The van der Waals surface area contributed by atoms with Crippen LogP contribution in [0.1, 0.15) is 28.4 Å². The molecule has 150 valence electrons. The second kappa shape index (κ2) is 9.27. The summed E-state index contributed by atoms with van der Waals surface area (Å²) >= 11 is 0. The molecule has 0 bridgehead atoms. The third kappa shape index (κ3) is 5.75. The fourth-order valence-corrected chi connectivity index (χ4v) is 3.23. The standard InChI is InChI=1S/C20H24N2O5S/c1-5-7-15-11-16(12-18(26-2)19(15)27-3)20(23)21-13-14-8-6-9-17(10-14)22-28(4,24)25/h5-12,22H,13H2,1-4H3,(H,21,23). The Balaban J connectivity index is 2.19. The van der Waals surface area contributed by atoms with Crippen LogP contribution in [-0.2, 0) is 16.6 Å². The minimum absolute atomic E-state index is 0.241. The van der Waals surface area contributed by atoms with Crippen molar-refractivity contribution in [3.8, 4) is 11.5 Å². The average molecular weight is 404 g/mol. The van der Waals surface area contributed by atoms with E-state index in [1.807, 2.05) is 19.1 Å². The van der Waals surface area contributed by atoms with Gasteiger partial charge in [0, 0.05) is 23.4 Å². The quantitative estimate of drug-likeness (QED) is 0.705. The lowest BCUT2D eigenvalue weighted by Gasteiger charge is -2.13. The van der Waals surface area contributed by atoms with E-state index in [9.17, 15) is 13.2 Å². The Bertz CT molecular complexity index is 984. The van der Waals surface area contributed by atoms with Crippen molar-refractivity contribution >= 4 is 27.7 Å². The number of amides is 1. The fourth-order valence-electron chi connectivity index (χ4n) is 2.67. The summed E-state index contributed by atoms with van der Waals surface area (Å²) in [6, 6.07) is 10.2. The molecular weight excluding hydrogens is 380 g/mol. The molecule has 0 aliphatic heterocycles. The molecule has 0 atom stereocenters. The summed E-state index contributed by atoms with van der Waals surface area (Å²) < 4.78 is 35.8. The first kappa shape index (κ1) is 21.3. The van der Waals surface area contributed by atoms with Crippen molar-refractivity contribution in [2.24, 2.45) is 0 Å². The van der Waals surface area contributed by atoms with Gasteiger partial charge in [0.1, 0.15) is 0 Å². The SMILES string of the molecule is CC=Cc1cc(C(=O)NCc2cccc(NS(C)(=O)=O)c2)cc(OC)c1OC. The molecule has 0 saturated carbocycles. The lowest BCUT2D eigenvalue weighted by Crippen LogP contribution is -2.23. The monoisotopic (exact) mass is 404 g/mol. The zero-order valence-corrected chi connectivity index (χ0v) is 17.1. The Morgan fingerprint density at radius 3 is 2.50 bits per heavy atom. The van der Waals surface area contributed by atoms with Crippen LogP contribution in [0.3, 0.4) is 0 Å². The van der Waals surface area contributed by atoms with Crippen LogP contribution < -0.4 is 19.5 Å². The number of hydrogen-bond acceptors (Lipinski definition) is 5. The maximum Gasteiger partial charge on any atom is 0.251 e. The summed E-state index contributed by atoms with van der Waals surface area (Å²) in [6.07, 6.45) is 4.76. The highest BCUT2D eigenvalue weighted by molar-refractivity contribution is 7.92. The zero-order valence-electron chi connectivity index (χ0n) is 16.3. The highest BCUT2D eigenvalue weighted by Gasteiger charge is 2.15. The molecule has 0 fully saturated rings. The molecule has 0 aromatic heterocycles. The van der Waals surface area contributed by atoms with Gasteiger partial charge in [0.25, 0.3) is 5.91 Å². The van der Waals surface area contributed by atoms with Gasteiger partial charge in [-0.25, -0.2) is 8.42 Å². The minimum Gasteiger partial charge on any atom is -0.493 e. The predicted octanol–water partition coefficient (Wildman–Crippen LogP) is 3.04. The topological polar surface area (TPSA) is 93.7 Å². The molecule has 0 aliphatic carbocycles. The Morgan fingerprint density at radius 1 is 1.14 bits per heavy atom. The van der Waals surface area contributed by atoms with Crippen LogP contribution in [0.15, 0.2) is 42.5 Å². The number of anilines is 1. The number of ether oxygens (including phenoxy) is 2. The summed E-state index contributed by atoms with van der Waals surface area (Å²) in [5, 5.41) is 2.83. The Morgan fingerprint density at radius 2 is 1.89 bits per heavy atom. The van der Waals surface area contributed by atoms with Crippen LogP contribution >= 0.6 is 0 Å². The highest BCUT2D eigenvalue weighted by atomic mass is 32.2. The van der Waals surface area contributed by atoms with E-state index in [2.05, 4.69) is 10.0 Å². The van der Waals surface area contributed by atoms with Gasteiger partial charge in [0.05, 0.1) is 20.5 Å². The molecule has 28 heavy (non-hydrogen) atoms. The van der Waals surface area contributed by atoms with Crippen molar-refractivity contribution in [1.29, 1.82) is 0 Å². The van der Waals surface area contributed by atoms with E-state index >= 15 is 0 Å². The van der Waals surface area contributed by atoms with Gasteiger partial charge in [-0.3, -0.25) is 9.52 Å². The van der Waals surface area contributed by atoms with Gasteiger partial charge in [-0.05, 0) is 36.8 Å². The maximum absolute atomic E-state index is 12.6. The van der Waals surface area contributed by atoms with Gasteiger partial charge in [-0.1, -0.05) is 24.3 Å². The number of sulfonamides is 1. The molecule has 0 saturated heterocycles. The smallest absolute Gasteiger partial charge is 0.251 e. The van der Waals surface area contributed by atoms with Crippen molar-refractivity contribution in [1.82, 2.24) is 5.32 Å². The minimum atomic E-state index is -3.36. The summed E-state index contributed by atoms with van der Waals surface area (Å²) in [7, 11) is -0.305. The maximum atomic E-state index is 12.6. The second-order valence-electron chi connectivity index (χ2n) is 6.06. The lowest BCUT2D eigenvalue weighted by atomic mass is 10.1. The molecule has 0 aliphatic rings. The normalized spacial score (nSPS) is 11.3. The van der Waals surface area contributed by atoms with Crippen molar-refractivity contribution in [2.45, 2.75) is 13.5 Å². The number of carbonyl (C=O) groups is 1. The van der Waals surface area contributed by atoms with Crippen LogP contribution in [0.2, 0.25) is 0 Å². The Kier molecular flexibility index (Phi) is 7.06. The van der Waals surface area contributed by atoms with Crippen LogP contribution in [0, 0.1) is 0 Å². The summed E-state index contributed by atoms with van der Waals surface area (Å²) in [5.41, 5.74) is 2.36. The van der Waals surface area contributed by atoms with Gasteiger partial charge < -0.3 is 14.8 Å². The number of nitrogens with one attached hydrogen (secondary N) is 2. The molecular formula is C20H24N2O5S. The van der Waals surface area contributed by atoms with E-state index in [1.54, 1.807) is 43.5 Å². The molecule has 8 heteroatoms.